The predicted octanol–water partition coefficient (Wildman–Crippen LogP) is 5.08. The van der Waals surface area contributed by atoms with E-state index in [1.807, 2.05) is 85.1 Å². The fourth-order valence-electron chi connectivity index (χ4n) is 4.11. The first-order chi connectivity index (χ1) is 15.5. The van der Waals surface area contributed by atoms with Gasteiger partial charge >= 0.3 is 0 Å². The molecule has 0 saturated carbocycles. The molecule has 0 radical (unpaired) electrons. The second-order valence-corrected chi connectivity index (χ2v) is 8.05. The van der Waals surface area contributed by atoms with Crippen LogP contribution in [0.5, 0.6) is 0 Å². The summed E-state index contributed by atoms with van der Waals surface area (Å²) in [4.78, 5) is 23.0. The molecule has 5 aromatic rings. The summed E-state index contributed by atoms with van der Waals surface area (Å²) in [5.74, 6) is 0.0509. The number of para-hydroxylation sites is 2. The van der Waals surface area contributed by atoms with Gasteiger partial charge in [-0.3, -0.25) is 4.79 Å². The Balaban J connectivity index is 1.67. The summed E-state index contributed by atoms with van der Waals surface area (Å²) in [6.07, 6.45) is 0. The molecule has 0 aliphatic heterocycles. The molecule has 0 fully saturated rings. The number of nitrogens with two attached hydrogens (primary N) is 1. The van der Waals surface area contributed by atoms with Gasteiger partial charge in [0.1, 0.15) is 16.9 Å². The van der Waals surface area contributed by atoms with Crippen molar-refractivity contribution in [2.24, 2.45) is 0 Å². The number of benzene rings is 3. The van der Waals surface area contributed by atoms with E-state index in [4.69, 9.17) is 15.7 Å². The first kappa shape index (κ1) is 19.8. The molecule has 0 spiro atoms. The Kier molecular flexibility index (Phi) is 4.82. The van der Waals surface area contributed by atoms with E-state index in [9.17, 15) is 4.79 Å². The quantitative estimate of drug-likeness (QED) is 0.423. The van der Waals surface area contributed by atoms with Crippen LogP contribution in [0.15, 0.2) is 72.8 Å². The SMILES string of the molecule is Cc1cc(C)cc(NC(=O)c2c(N)n(Cc3ccccc3)c3nc4ccccc4nc23)c1. The highest BCUT2D eigenvalue weighted by Crippen LogP contribution is 2.29. The lowest BCUT2D eigenvalue weighted by Crippen LogP contribution is -2.15. The van der Waals surface area contributed by atoms with Crippen molar-refractivity contribution in [3.63, 3.8) is 0 Å². The van der Waals surface area contributed by atoms with E-state index in [0.717, 1.165) is 33.4 Å². The van der Waals surface area contributed by atoms with Crippen LogP contribution >= 0.6 is 0 Å². The van der Waals surface area contributed by atoms with Gasteiger partial charge in [0, 0.05) is 5.69 Å². The molecule has 0 unspecified atom stereocenters. The molecule has 3 N–H and O–H groups in total. The monoisotopic (exact) mass is 421 g/mol. The van der Waals surface area contributed by atoms with Crippen LogP contribution in [0, 0.1) is 13.8 Å². The normalized spacial score (nSPS) is 11.2. The number of nitrogens with one attached hydrogen (secondary N) is 1. The van der Waals surface area contributed by atoms with Gasteiger partial charge in [0.2, 0.25) is 0 Å². The number of nitrogen functional groups attached to an aromatic ring is 1. The maximum atomic E-state index is 13.4. The Morgan fingerprint density at radius 1 is 0.906 bits per heavy atom. The van der Waals surface area contributed by atoms with Crippen molar-refractivity contribution in [1.82, 2.24) is 14.5 Å². The fraction of sp³-hybridized carbons (Fsp3) is 0.115. The van der Waals surface area contributed by atoms with Crippen LogP contribution in [-0.4, -0.2) is 20.4 Å². The molecule has 3 aromatic carbocycles. The molecule has 1 amide bonds. The first-order valence-corrected chi connectivity index (χ1v) is 10.5. The van der Waals surface area contributed by atoms with Crippen LogP contribution in [0.3, 0.4) is 0 Å². The van der Waals surface area contributed by atoms with E-state index in [-0.39, 0.29) is 5.91 Å². The van der Waals surface area contributed by atoms with Crippen molar-refractivity contribution >= 4 is 39.6 Å². The van der Waals surface area contributed by atoms with E-state index in [2.05, 4.69) is 11.4 Å². The Labute approximate surface area is 185 Å². The minimum absolute atomic E-state index is 0.297. The van der Waals surface area contributed by atoms with E-state index < -0.39 is 0 Å². The number of hydrogen-bond donors (Lipinski definition) is 2. The minimum atomic E-state index is -0.297. The van der Waals surface area contributed by atoms with E-state index >= 15 is 0 Å². The highest BCUT2D eigenvalue weighted by Gasteiger charge is 2.24. The maximum Gasteiger partial charge on any atom is 0.261 e. The topological polar surface area (TPSA) is 85.8 Å². The molecule has 2 heterocycles. The van der Waals surface area contributed by atoms with Gasteiger partial charge in [-0.2, -0.15) is 0 Å². The molecule has 0 aliphatic rings. The third kappa shape index (κ3) is 3.56. The molecule has 0 saturated heterocycles. The van der Waals surface area contributed by atoms with Crippen LogP contribution in [0.4, 0.5) is 11.5 Å². The number of carbonyl (C=O) groups is 1. The second-order valence-electron chi connectivity index (χ2n) is 8.05. The molecule has 0 atom stereocenters. The van der Waals surface area contributed by atoms with Gasteiger partial charge in [-0.25, -0.2) is 9.97 Å². The van der Waals surface area contributed by atoms with Crippen LogP contribution in [0.2, 0.25) is 0 Å². The van der Waals surface area contributed by atoms with Gasteiger partial charge in [-0.05, 0) is 54.8 Å². The average Bonchev–Trinajstić information content (AvgIpc) is 3.02. The van der Waals surface area contributed by atoms with Crippen molar-refractivity contribution in [3.05, 3.63) is 95.1 Å². The number of aryl methyl sites for hydroxylation is 2. The zero-order valence-electron chi connectivity index (χ0n) is 18.0. The molecule has 158 valence electrons. The predicted molar refractivity (Wildman–Crippen MR) is 129 cm³/mol. The largest absolute Gasteiger partial charge is 0.384 e. The summed E-state index contributed by atoms with van der Waals surface area (Å²) >= 11 is 0. The zero-order chi connectivity index (χ0) is 22.2. The molecule has 2 aromatic heterocycles. The van der Waals surface area contributed by atoms with E-state index in [1.54, 1.807) is 0 Å². The zero-order valence-corrected chi connectivity index (χ0v) is 18.0. The minimum Gasteiger partial charge on any atom is -0.384 e. The number of aromatic nitrogens is 3. The van der Waals surface area contributed by atoms with Crippen molar-refractivity contribution in [1.29, 1.82) is 0 Å². The van der Waals surface area contributed by atoms with Gasteiger partial charge in [0.05, 0.1) is 17.6 Å². The number of rotatable bonds is 4. The average molecular weight is 422 g/mol. The maximum absolute atomic E-state index is 13.4. The molecule has 32 heavy (non-hydrogen) atoms. The van der Waals surface area contributed by atoms with Crippen molar-refractivity contribution in [2.45, 2.75) is 20.4 Å². The van der Waals surface area contributed by atoms with E-state index in [0.29, 0.717) is 29.1 Å². The standard InChI is InChI=1S/C26H23N5O/c1-16-12-17(2)14-19(13-16)28-26(32)22-23-25(30-21-11-7-6-10-20(21)29-23)31(24(22)27)15-18-8-4-3-5-9-18/h3-14H,15,27H2,1-2H3,(H,28,32). The van der Waals surface area contributed by atoms with Gasteiger partial charge in [-0.1, -0.05) is 48.5 Å². The lowest BCUT2D eigenvalue weighted by Gasteiger charge is -2.09. The number of anilines is 2. The van der Waals surface area contributed by atoms with Crippen molar-refractivity contribution in [3.8, 4) is 0 Å². The smallest absolute Gasteiger partial charge is 0.261 e. The van der Waals surface area contributed by atoms with Crippen molar-refractivity contribution in [2.75, 3.05) is 11.1 Å². The van der Waals surface area contributed by atoms with Gasteiger partial charge in [-0.15, -0.1) is 0 Å². The molecular formula is C26H23N5O. The number of amides is 1. The summed E-state index contributed by atoms with van der Waals surface area (Å²) in [7, 11) is 0. The number of hydrogen-bond acceptors (Lipinski definition) is 4. The third-order valence-corrected chi connectivity index (χ3v) is 5.48. The highest BCUT2D eigenvalue weighted by molar-refractivity contribution is 6.16. The molecular weight excluding hydrogens is 398 g/mol. The Morgan fingerprint density at radius 2 is 1.53 bits per heavy atom. The molecule has 6 nitrogen and oxygen atoms in total. The summed E-state index contributed by atoms with van der Waals surface area (Å²) in [5, 5.41) is 3.00. The lowest BCUT2D eigenvalue weighted by molar-refractivity contribution is 0.102. The van der Waals surface area contributed by atoms with Crippen LogP contribution < -0.4 is 11.1 Å². The first-order valence-electron chi connectivity index (χ1n) is 10.5. The fourth-order valence-corrected chi connectivity index (χ4v) is 4.11. The van der Waals surface area contributed by atoms with Crippen LogP contribution in [0.1, 0.15) is 27.0 Å². The number of carbonyl (C=O) groups excluding carboxylic acids is 1. The lowest BCUT2D eigenvalue weighted by atomic mass is 10.1. The second kappa shape index (κ2) is 7.81. The molecule has 6 heteroatoms. The Morgan fingerprint density at radius 3 is 2.22 bits per heavy atom. The van der Waals surface area contributed by atoms with Crippen molar-refractivity contribution < 1.29 is 4.79 Å². The Hall–Kier alpha value is -4.19. The summed E-state index contributed by atoms with van der Waals surface area (Å²) < 4.78 is 1.86. The number of nitrogens with zero attached hydrogens (tertiary/aromatic N) is 3. The molecule has 5 rings (SSSR count). The van der Waals surface area contributed by atoms with Crippen LogP contribution in [0.25, 0.3) is 22.2 Å². The van der Waals surface area contributed by atoms with Gasteiger partial charge in [0.25, 0.3) is 5.91 Å². The third-order valence-electron chi connectivity index (χ3n) is 5.48. The van der Waals surface area contributed by atoms with Gasteiger partial charge in [0.15, 0.2) is 5.65 Å². The highest BCUT2D eigenvalue weighted by atomic mass is 16.1. The van der Waals surface area contributed by atoms with E-state index in [1.165, 1.54) is 0 Å². The molecule has 0 aliphatic carbocycles. The summed E-state index contributed by atoms with van der Waals surface area (Å²) in [5.41, 5.74) is 13.4. The van der Waals surface area contributed by atoms with Gasteiger partial charge < -0.3 is 15.6 Å². The van der Waals surface area contributed by atoms with Crippen LogP contribution in [-0.2, 0) is 6.54 Å². The molecule has 0 bridgehead atoms. The number of fused-ring (bicyclic) bond motifs is 2. The summed E-state index contributed by atoms with van der Waals surface area (Å²) in [6.45, 7) is 4.49. The summed E-state index contributed by atoms with van der Waals surface area (Å²) in [6, 6.07) is 23.5. The Bertz CT molecular complexity index is 1450.